The Bertz CT molecular complexity index is 200. The van der Waals surface area contributed by atoms with Gasteiger partial charge in [0.15, 0.2) is 0 Å². The summed E-state index contributed by atoms with van der Waals surface area (Å²) in [5.41, 5.74) is 0. The molecule has 0 bridgehead atoms. The van der Waals surface area contributed by atoms with Gasteiger partial charge in [-0.05, 0) is 6.42 Å². The minimum atomic E-state index is 0.165. The highest BCUT2D eigenvalue weighted by molar-refractivity contribution is 5.82. The number of carbonyl (C=O) groups excluding carboxylic acids is 1. The summed E-state index contributed by atoms with van der Waals surface area (Å²) in [6.07, 6.45) is 0.951. The van der Waals surface area contributed by atoms with Gasteiger partial charge in [0, 0.05) is 31.5 Å². The number of ether oxygens (including phenoxy) is 1. The van der Waals surface area contributed by atoms with E-state index in [0.717, 1.165) is 39.3 Å². The second-order valence-corrected chi connectivity index (χ2v) is 4.53. The van der Waals surface area contributed by atoms with Gasteiger partial charge in [0.05, 0.1) is 13.2 Å². The van der Waals surface area contributed by atoms with Crippen LogP contribution in [-0.4, -0.2) is 43.5 Å². The lowest BCUT2D eigenvalue weighted by atomic mass is 9.93. The summed E-state index contributed by atoms with van der Waals surface area (Å²) in [7, 11) is 0. The molecule has 2 atom stereocenters. The Hall–Kier alpha value is -0.410. The number of carbonyl (C=O) groups is 1. The van der Waals surface area contributed by atoms with Crippen LogP contribution in [0.2, 0.25) is 0 Å². The van der Waals surface area contributed by atoms with Crippen molar-refractivity contribution in [3.05, 3.63) is 0 Å². The maximum absolute atomic E-state index is 11.9. The number of ketones is 1. The van der Waals surface area contributed by atoms with Gasteiger partial charge in [-0.3, -0.25) is 9.69 Å². The lowest BCUT2D eigenvalue weighted by molar-refractivity contribution is -0.126. The second kappa shape index (κ2) is 6.23. The summed E-state index contributed by atoms with van der Waals surface area (Å²) in [6, 6.07) is 0. The summed E-state index contributed by atoms with van der Waals surface area (Å²) in [5.74, 6) is 0.781. The molecule has 3 nitrogen and oxygen atoms in total. The molecule has 0 amide bonds. The molecule has 0 N–H and O–H groups in total. The summed E-state index contributed by atoms with van der Waals surface area (Å²) in [5, 5.41) is 0. The smallest absolute Gasteiger partial charge is 0.139 e. The Kier molecular flexibility index (Phi) is 5.26. The molecular weight excluding hydrogens is 190 g/mol. The van der Waals surface area contributed by atoms with Crippen LogP contribution in [0.3, 0.4) is 0 Å². The van der Waals surface area contributed by atoms with Crippen LogP contribution in [0.25, 0.3) is 0 Å². The molecule has 15 heavy (non-hydrogen) atoms. The highest BCUT2D eigenvalue weighted by Crippen LogP contribution is 2.12. The molecule has 1 unspecified atom stereocenters. The van der Waals surface area contributed by atoms with Crippen LogP contribution in [0.1, 0.15) is 27.2 Å². The molecule has 0 spiro atoms. The van der Waals surface area contributed by atoms with Gasteiger partial charge < -0.3 is 4.74 Å². The van der Waals surface area contributed by atoms with Crippen LogP contribution >= 0.6 is 0 Å². The van der Waals surface area contributed by atoms with Gasteiger partial charge in [-0.1, -0.05) is 20.8 Å². The number of rotatable bonds is 5. The van der Waals surface area contributed by atoms with Gasteiger partial charge >= 0.3 is 0 Å². The first kappa shape index (κ1) is 12.7. The molecule has 0 aromatic rings. The van der Waals surface area contributed by atoms with Crippen LogP contribution in [0, 0.1) is 11.8 Å². The lowest BCUT2D eigenvalue weighted by Gasteiger charge is -2.29. The van der Waals surface area contributed by atoms with Crippen molar-refractivity contribution in [2.75, 3.05) is 32.8 Å². The Morgan fingerprint density at radius 3 is 2.40 bits per heavy atom. The SMILES string of the molecule is CCC(C)C(=O)[C@@H](C)CN1CCOCC1. The molecule has 0 aromatic carbocycles. The molecule has 3 heteroatoms. The summed E-state index contributed by atoms with van der Waals surface area (Å²) in [4.78, 5) is 14.2. The van der Waals surface area contributed by atoms with Crippen molar-refractivity contribution in [2.24, 2.45) is 11.8 Å². The molecule has 0 aliphatic carbocycles. The zero-order valence-corrected chi connectivity index (χ0v) is 10.2. The average molecular weight is 213 g/mol. The predicted molar refractivity (Wildman–Crippen MR) is 60.9 cm³/mol. The fourth-order valence-corrected chi connectivity index (χ4v) is 1.95. The van der Waals surface area contributed by atoms with Crippen LogP contribution in [-0.2, 0) is 9.53 Å². The maximum Gasteiger partial charge on any atom is 0.139 e. The molecular formula is C12H23NO2. The topological polar surface area (TPSA) is 29.5 Å². The molecule has 1 aliphatic heterocycles. The summed E-state index contributed by atoms with van der Waals surface area (Å²) in [6.45, 7) is 10.6. The molecule has 1 saturated heterocycles. The first-order valence-corrected chi connectivity index (χ1v) is 5.99. The molecule has 1 rings (SSSR count). The predicted octanol–water partition coefficient (Wildman–Crippen LogP) is 1.57. The number of morpholine rings is 1. The highest BCUT2D eigenvalue weighted by atomic mass is 16.5. The number of hydrogen-bond donors (Lipinski definition) is 0. The lowest BCUT2D eigenvalue weighted by Crippen LogP contribution is -2.41. The summed E-state index contributed by atoms with van der Waals surface area (Å²) >= 11 is 0. The standard InChI is InChI=1S/C12H23NO2/c1-4-10(2)12(14)11(3)9-13-5-7-15-8-6-13/h10-11H,4-9H2,1-3H3/t10?,11-/m0/s1. The minimum Gasteiger partial charge on any atom is -0.379 e. The van der Waals surface area contributed by atoms with Gasteiger partial charge in [-0.15, -0.1) is 0 Å². The molecule has 1 heterocycles. The van der Waals surface area contributed by atoms with E-state index in [-0.39, 0.29) is 11.8 Å². The molecule has 1 fully saturated rings. The Labute approximate surface area is 92.8 Å². The van der Waals surface area contributed by atoms with Crippen LogP contribution in [0.5, 0.6) is 0 Å². The van der Waals surface area contributed by atoms with E-state index < -0.39 is 0 Å². The third-order valence-corrected chi connectivity index (χ3v) is 3.22. The van der Waals surface area contributed by atoms with E-state index in [1.165, 1.54) is 0 Å². The van der Waals surface area contributed by atoms with Crippen LogP contribution < -0.4 is 0 Å². The third-order valence-electron chi connectivity index (χ3n) is 3.22. The van der Waals surface area contributed by atoms with Gasteiger partial charge in [0.25, 0.3) is 0 Å². The van der Waals surface area contributed by atoms with E-state index in [1.54, 1.807) is 0 Å². The highest BCUT2D eigenvalue weighted by Gasteiger charge is 2.21. The van der Waals surface area contributed by atoms with Crippen molar-refractivity contribution in [1.82, 2.24) is 4.90 Å². The van der Waals surface area contributed by atoms with Crippen LogP contribution in [0.4, 0.5) is 0 Å². The second-order valence-electron chi connectivity index (χ2n) is 4.53. The van der Waals surface area contributed by atoms with Crippen molar-refractivity contribution in [3.63, 3.8) is 0 Å². The number of Topliss-reactive ketones (excluding diaryl/α,β-unsaturated/α-hetero) is 1. The van der Waals surface area contributed by atoms with Crippen molar-refractivity contribution in [3.8, 4) is 0 Å². The summed E-state index contributed by atoms with van der Waals surface area (Å²) < 4.78 is 5.28. The fraction of sp³-hybridized carbons (Fsp3) is 0.917. The minimum absolute atomic E-state index is 0.165. The Morgan fingerprint density at radius 1 is 1.27 bits per heavy atom. The van der Waals surface area contributed by atoms with E-state index in [9.17, 15) is 4.79 Å². The molecule has 1 aliphatic rings. The largest absolute Gasteiger partial charge is 0.379 e. The molecule has 88 valence electrons. The van der Waals surface area contributed by atoms with E-state index in [0.29, 0.717) is 5.78 Å². The van der Waals surface area contributed by atoms with E-state index in [2.05, 4.69) is 11.8 Å². The first-order valence-electron chi connectivity index (χ1n) is 5.99. The monoisotopic (exact) mass is 213 g/mol. The quantitative estimate of drug-likeness (QED) is 0.694. The molecule has 0 radical (unpaired) electrons. The van der Waals surface area contributed by atoms with Crippen molar-refractivity contribution >= 4 is 5.78 Å². The van der Waals surface area contributed by atoms with Crippen molar-refractivity contribution in [1.29, 1.82) is 0 Å². The fourth-order valence-electron chi connectivity index (χ4n) is 1.95. The number of nitrogens with zero attached hydrogens (tertiary/aromatic N) is 1. The van der Waals surface area contributed by atoms with Crippen molar-refractivity contribution < 1.29 is 9.53 Å². The first-order chi connectivity index (χ1) is 7.15. The van der Waals surface area contributed by atoms with Gasteiger partial charge in [-0.2, -0.15) is 0 Å². The zero-order valence-electron chi connectivity index (χ0n) is 10.2. The zero-order chi connectivity index (χ0) is 11.3. The molecule has 0 aromatic heterocycles. The van der Waals surface area contributed by atoms with E-state index in [1.807, 2.05) is 13.8 Å². The van der Waals surface area contributed by atoms with Gasteiger partial charge in [0.1, 0.15) is 5.78 Å². The normalized spacial score (nSPS) is 22.3. The Morgan fingerprint density at radius 2 is 1.87 bits per heavy atom. The van der Waals surface area contributed by atoms with Crippen LogP contribution in [0.15, 0.2) is 0 Å². The third kappa shape index (κ3) is 3.92. The van der Waals surface area contributed by atoms with Gasteiger partial charge in [0.2, 0.25) is 0 Å². The maximum atomic E-state index is 11.9. The van der Waals surface area contributed by atoms with Crippen molar-refractivity contribution in [2.45, 2.75) is 27.2 Å². The number of hydrogen-bond acceptors (Lipinski definition) is 3. The van der Waals surface area contributed by atoms with Gasteiger partial charge in [-0.25, -0.2) is 0 Å². The van der Waals surface area contributed by atoms with E-state index >= 15 is 0 Å². The Balaban J connectivity index is 2.33. The molecule has 0 saturated carbocycles. The van der Waals surface area contributed by atoms with E-state index in [4.69, 9.17) is 4.74 Å². The average Bonchev–Trinajstić information content (AvgIpc) is 2.28.